The molecule has 0 aliphatic heterocycles. The smallest absolute Gasteiger partial charge is 0.147 e. The number of nitrogens with zero attached hydrogens (tertiary/aromatic N) is 1. The van der Waals surface area contributed by atoms with Gasteiger partial charge in [0.1, 0.15) is 26.7 Å². The van der Waals surface area contributed by atoms with Gasteiger partial charge in [-0.3, -0.25) is 0 Å². The number of aromatic nitrogens is 1. The topological polar surface area (TPSA) is 31.4 Å². The van der Waals surface area contributed by atoms with Crippen LogP contribution in [0.4, 0.5) is 0 Å². The summed E-state index contributed by atoms with van der Waals surface area (Å²) in [7, 11) is 0. The molecule has 4 aliphatic carbocycles. The molecule has 4 fully saturated rings. The maximum Gasteiger partial charge on any atom is 0.147 e. The third kappa shape index (κ3) is 7.48. The number of hydrogen-bond acceptors (Lipinski definition) is 4. The third-order valence-electron chi connectivity index (χ3n) is 13.1. The zero-order valence-corrected chi connectivity index (χ0v) is 29.8. The molecule has 0 N–H and O–H groups in total. The van der Waals surface area contributed by atoms with E-state index in [-0.39, 0.29) is 0 Å². The summed E-state index contributed by atoms with van der Waals surface area (Å²) in [5, 5.41) is 1.06. The van der Waals surface area contributed by atoms with Crippen LogP contribution in [0.3, 0.4) is 0 Å². The molecule has 4 aliphatic rings. The molecule has 0 saturated heterocycles. The Labute approximate surface area is 283 Å². The second kappa shape index (κ2) is 15.0. The van der Waals surface area contributed by atoms with E-state index in [1.165, 1.54) is 127 Å². The molecule has 4 heteroatoms. The highest BCUT2D eigenvalue weighted by atomic mass is 32.1. The van der Waals surface area contributed by atoms with E-state index in [4.69, 9.17) is 14.5 Å². The lowest BCUT2D eigenvalue weighted by atomic mass is 9.70. The van der Waals surface area contributed by atoms with Crippen LogP contribution in [0, 0.1) is 42.4 Å². The molecule has 0 bridgehead atoms. The predicted octanol–water partition coefficient (Wildman–Crippen LogP) is 12.6. The average molecular weight is 642 g/mol. The van der Waals surface area contributed by atoms with Crippen LogP contribution in [-0.2, 0) is 0 Å². The lowest BCUT2D eigenvalue weighted by Gasteiger charge is -2.38. The van der Waals surface area contributed by atoms with Gasteiger partial charge in [0, 0.05) is 5.56 Å². The lowest BCUT2D eigenvalue weighted by molar-refractivity contribution is 0.0911. The van der Waals surface area contributed by atoms with E-state index < -0.39 is 0 Å². The summed E-state index contributed by atoms with van der Waals surface area (Å²) in [6, 6.07) is 13.2. The molecule has 3 nitrogen and oxygen atoms in total. The fourth-order valence-electron chi connectivity index (χ4n) is 9.82. The summed E-state index contributed by atoms with van der Waals surface area (Å²) in [5.41, 5.74) is 3.46. The van der Waals surface area contributed by atoms with E-state index in [0.29, 0.717) is 12.2 Å². The Morgan fingerprint density at radius 2 is 1.00 bits per heavy atom. The Morgan fingerprint density at radius 1 is 0.565 bits per heavy atom. The van der Waals surface area contributed by atoms with E-state index in [2.05, 4.69) is 57.2 Å². The maximum absolute atomic E-state index is 6.86. The van der Waals surface area contributed by atoms with E-state index in [0.717, 1.165) is 62.2 Å². The second-order valence-corrected chi connectivity index (χ2v) is 16.8. The number of ether oxygens (including phenoxy) is 2. The molecule has 3 aromatic rings. The molecule has 0 amide bonds. The highest BCUT2D eigenvalue weighted by molar-refractivity contribution is 7.22. The fourth-order valence-corrected chi connectivity index (χ4v) is 10.9. The highest BCUT2D eigenvalue weighted by Crippen LogP contribution is 2.46. The molecule has 0 spiro atoms. The van der Waals surface area contributed by atoms with Crippen LogP contribution in [0.15, 0.2) is 36.4 Å². The van der Waals surface area contributed by atoms with Crippen LogP contribution >= 0.6 is 11.3 Å². The molecular formula is C42H59NO2S. The summed E-state index contributed by atoms with van der Waals surface area (Å²) in [5.74, 6) is 7.66. The molecule has 1 aromatic heterocycles. The largest absolute Gasteiger partial charge is 0.489 e. The van der Waals surface area contributed by atoms with Crippen LogP contribution in [0.2, 0.25) is 0 Å². The molecule has 1 heterocycles. The van der Waals surface area contributed by atoms with Gasteiger partial charge in [0.15, 0.2) is 0 Å². The number of thiazole rings is 1. The summed E-state index contributed by atoms with van der Waals surface area (Å²) in [4.78, 5) is 5.24. The first-order chi connectivity index (χ1) is 22.6. The monoisotopic (exact) mass is 641 g/mol. The van der Waals surface area contributed by atoms with Crippen LogP contribution < -0.4 is 9.47 Å². The minimum Gasteiger partial charge on any atom is -0.489 e. The van der Waals surface area contributed by atoms with E-state index in [1.54, 1.807) is 11.3 Å². The van der Waals surface area contributed by atoms with Crippen molar-refractivity contribution in [3.8, 4) is 22.1 Å². The minimum absolute atomic E-state index is 0.297. The van der Waals surface area contributed by atoms with Gasteiger partial charge >= 0.3 is 0 Å². The molecule has 0 atom stereocenters. The van der Waals surface area contributed by atoms with Gasteiger partial charge in [0.2, 0.25) is 0 Å². The van der Waals surface area contributed by atoms with Gasteiger partial charge in [0.25, 0.3) is 0 Å². The number of hydrogen-bond donors (Lipinski definition) is 0. The summed E-state index contributed by atoms with van der Waals surface area (Å²) in [6.07, 6.45) is 25.0. The Bertz CT molecular complexity index is 1300. The van der Waals surface area contributed by atoms with Gasteiger partial charge in [-0.05, 0) is 132 Å². The van der Waals surface area contributed by atoms with Crippen molar-refractivity contribution in [2.24, 2.45) is 35.5 Å². The number of aryl methyl sites for hydroxylation is 1. The van der Waals surface area contributed by atoms with Gasteiger partial charge in [-0.1, -0.05) is 82.2 Å². The van der Waals surface area contributed by atoms with Crippen molar-refractivity contribution in [1.29, 1.82) is 0 Å². The zero-order chi connectivity index (χ0) is 31.5. The Hall–Kier alpha value is -2.07. The number of rotatable bonds is 9. The summed E-state index contributed by atoms with van der Waals surface area (Å²) in [6.45, 7) is 6.90. The van der Waals surface area contributed by atoms with Crippen molar-refractivity contribution in [2.45, 2.75) is 149 Å². The SMILES string of the molecule is CCC1CCC([C@H]2CC[C@H](Oc3ccc(O[C@H]4CC[C@H](C5CCC(CC)CC5)CC4)c4sc(-c5ccc(C)cc5)nc34)CC2)CC1. The van der Waals surface area contributed by atoms with E-state index in [9.17, 15) is 0 Å². The van der Waals surface area contributed by atoms with Crippen LogP contribution in [0.25, 0.3) is 20.8 Å². The van der Waals surface area contributed by atoms with Gasteiger partial charge < -0.3 is 9.47 Å². The van der Waals surface area contributed by atoms with Crippen molar-refractivity contribution in [3.05, 3.63) is 42.0 Å². The standard InChI is InChI=1S/C42H59NO2S/c1-4-29-8-14-31(15-9-29)33-18-22-36(23-19-33)44-38-26-27-39(41-40(38)43-42(46-41)35-12-6-28(3)7-13-35)45-37-24-20-34(21-25-37)32-16-10-30(5-2)11-17-32/h6-7,12-13,26-27,29-34,36-37H,4-5,8-11,14-25H2,1-3H3/t29?,30?,31?,32?,33-,34-,36-,37-. The van der Waals surface area contributed by atoms with Gasteiger partial charge in [-0.2, -0.15) is 0 Å². The number of benzene rings is 2. The van der Waals surface area contributed by atoms with E-state index in [1.807, 2.05) is 0 Å². The van der Waals surface area contributed by atoms with Crippen molar-refractivity contribution < 1.29 is 9.47 Å². The molecule has 0 unspecified atom stereocenters. The molecule has 4 saturated carbocycles. The number of fused-ring (bicyclic) bond motifs is 1. The molecule has 7 rings (SSSR count). The summed E-state index contributed by atoms with van der Waals surface area (Å²) < 4.78 is 14.9. The first kappa shape index (κ1) is 32.5. The minimum atomic E-state index is 0.297. The van der Waals surface area contributed by atoms with Gasteiger partial charge in [0.05, 0.1) is 12.2 Å². The Balaban J connectivity index is 1.03. The summed E-state index contributed by atoms with van der Waals surface area (Å²) >= 11 is 1.78. The Kier molecular flexibility index (Phi) is 10.6. The molecule has 46 heavy (non-hydrogen) atoms. The first-order valence-electron chi connectivity index (χ1n) is 19.4. The maximum atomic E-state index is 6.86. The van der Waals surface area contributed by atoms with Crippen molar-refractivity contribution in [2.75, 3.05) is 0 Å². The van der Waals surface area contributed by atoms with Crippen LogP contribution in [-0.4, -0.2) is 17.2 Å². The van der Waals surface area contributed by atoms with Crippen LogP contribution in [0.1, 0.15) is 135 Å². The molecule has 0 radical (unpaired) electrons. The average Bonchev–Trinajstić information content (AvgIpc) is 3.57. The van der Waals surface area contributed by atoms with Gasteiger partial charge in [-0.15, -0.1) is 11.3 Å². The molecule has 2 aromatic carbocycles. The Morgan fingerprint density at radius 3 is 1.48 bits per heavy atom. The van der Waals surface area contributed by atoms with Crippen molar-refractivity contribution >= 4 is 21.6 Å². The van der Waals surface area contributed by atoms with Gasteiger partial charge in [-0.25, -0.2) is 4.98 Å². The van der Waals surface area contributed by atoms with E-state index >= 15 is 0 Å². The van der Waals surface area contributed by atoms with Crippen molar-refractivity contribution in [3.63, 3.8) is 0 Å². The predicted molar refractivity (Wildman–Crippen MR) is 194 cm³/mol. The lowest BCUT2D eigenvalue weighted by Crippen LogP contribution is -2.30. The molecule has 250 valence electrons. The highest BCUT2D eigenvalue weighted by Gasteiger charge is 2.33. The zero-order valence-electron chi connectivity index (χ0n) is 29.0. The fraction of sp³-hybridized carbons (Fsp3) is 0.690. The van der Waals surface area contributed by atoms with Crippen molar-refractivity contribution in [1.82, 2.24) is 4.98 Å². The second-order valence-electron chi connectivity index (χ2n) is 15.8. The third-order valence-corrected chi connectivity index (χ3v) is 14.2. The quantitative estimate of drug-likeness (QED) is 0.233. The molecular weight excluding hydrogens is 583 g/mol. The first-order valence-corrected chi connectivity index (χ1v) is 20.2. The normalized spacial score (nSPS) is 32.3. The van der Waals surface area contributed by atoms with Crippen LogP contribution in [0.5, 0.6) is 11.5 Å².